The molecule has 0 unspecified atom stereocenters. The molecule has 1 aromatic carbocycles. The predicted octanol–water partition coefficient (Wildman–Crippen LogP) is 2.77. The molecular weight excluding hydrogens is 375 g/mol. The molecule has 0 saturated heterocycles. The van der Waals surface area contributed by atoms with Gasteiger partial charge in [0.1, 0.15) is 0 Å². The number of alkyl halides is 3. The highest BCUT2D eigenvalue weighted by molar-refractivity contribution is 5.74. The van der Waals surface area contributed by atoms with Gasteiger partial charge in [-0.2, -0.15) is 13.2 Å². The number of hydrogen-bond acceptors (Lipinski definition) is 3. The van der Waals surface area contributed by atoms with Gasteiger partial charge < -0.3 is 10.6 Å². The van der Waals surface area contributed by atoms with E-state index in [9.17, 15) is 22.8 Å². The number of benzene rings is 1. The lowest BCUT2D eigenvalue weighted by Gasteiger charge is -2.09. The van der Waals surface area contributed by atoms with Crippen LogP contribution in [-0.2, 0) is 12.7 Å². The second-order valence-corrected chi connectivity index (χ2v) is 7.06. The average Bonchev–Trinajstić information content (AvgIpc) is 3.38. The summed E-state index contributed by atoms with van der Waals surface area (Å²) in [6.45, 7) is 3.93. The van der Waals surface area contributed by atoms with E-state index in [2.05, 4.69) is 15.7 Å². The molecule has 0 atom stereocenters. The molecule has 0 radical (unpaired) electrons. The van der Waals surface area contributed by atoms with E-state index in [0.717, 1.165) is 25.0 Å². The van der Waals surface area contributed by atoms with Crippen LogP contribution in [0.2, 0.25) is 0 Å². The Morgan fingerprint density at radius 2 is 2.04 bits per heavy atom. The number of halogens is 3. The molecule has 2 aromatic rings. The highest BCUT2D eigenvalue weighted by Gasteiger charge is 2.33. The third kappa shape index (κ3) is 4.55. The van der Waals surface area contributed by atoms with Crippen molar-refractivity contribution < 1.29 is 18.0 Å². The summed E-state index contributed by atoms with van der Waals surface area (Å²) in [7, 11) is 0. The molecule has 1 aliphatic rings. The topological polar surface area (TPSA) is 81.0 Å². The number of amides is 2. The highest BCUT2D eigenvalue weighted by Crippen LogP contribution is 2.37. The van der Waals surface area contributed by atoms with E-state index in [0.29, 0.717) is 0 Å². The lowest BCUT2D eigenvalue weighted by atomic mass is 10.1. The average molecular weight is 397 g/mol. The molecule has 0 bridgehead atoms. The van der Waals surface area contributed by atoms with Gasteiger partial charge in [-0.1, -0.05) is 12.1 Å². The van der Waals surface area contributed by atoms with Gasteiger partial charge >= 0.3 is 17.9 Å². The van der Waals surface area contributed by atoms with Crippen LogP contribution in [0.15, 0.2) is 29.1 Å². The Balaban J connectivity index is 1.84. The molecule has 3 rings (SSSR count). The van der Waals surface area contributed by atoms with Crippen molar-refractivity contribution in [2.45, 2.75) is 51.5 Å². The Morgan fingerprint density at radius 3 is 2.64 bits per heavy atom. The van der Waals surface area contributed by atoms with E-state index < -0.39 is 11.7 Å². The van der Waals surface area contributed by atoms with Crippen LogP contribution >= 0.6 is 0 Å². The van der Waals surface area contributed by atoms with Crippen molar-refractivity contribution in [2.75, 3.05) is 6.54 Å². The maximum absolute atomic E-state index is 13.0. The molecule has 2 amide bonds. The molecule has 1 fully saturated rings. The zero-order chi connectivity index (χ0) is 20.5. The Labute approximate surface area is 159 Å². The lowest BCUT2D eigenvalue weighted by Crippen LogP contribution is -2.41. The van der Waals surface area contributed by atoms with E-state index in [-0.39, 0.29) is 48.3 Å². The van der Waals surface area contributed by atoms with Crippen LogP contribution < -0.4 is 16.3 Å². The van der Waals surface area contributed by atoms with E-state index in [1.807, 2.05) is 13.8 Å². The van der Waals surface area contributed by atoms with Crippen molar-refractivity contribution in [3.8, 4) is 11.4 Å². The molecule has 2 N–H and O–H groups in total. The minimum absolute atomic E-state index is 0.0238. The van der Waals surface area contributed by atoms with Crippen molar-refractivity contribution in [1.82, 2.24) is 25.0 Å². The third-order valence-electron chi connectivity index (χ3n) is 4.26. The van der Waals surface area contributed by atoms with Crippen LogP contribution in [0.25, 0.3) is 11.4 Å². The van der Waals surface area contributed by atoms with Gasteiger partial charge in [-0.3, -0.25) is 4.57 Å². The molecule has 0 spiro atoms. The maximum atomic E-state index is 13.0. The largest absolute Gasteiger partial charge is 0.416 e. The van der Waals surface area contributed by atoms with Crippen molar-refractivity contribution in [2.24, 2.45) is 0 Å². The van der Waals surface area contributed by atoms with Crippen LogP contribution in [0.4, 0.5) is 18.0 Å². The smallest absolute Gasteiger partial charge is 0.336 e. The highest BCUT2D eigenvalue weighted by atomic mass is 19.4. The number of rotatable bonds is 6. The van der Waals surface area contributed by atoms with Gasteiger partial charge in [-0.25, -0.2) is 14.3 Å². The Kier molecular flexibility index (Phi) is 5.48. The summed E-state index contributed by atoms with van der Waals surface area (Å²) >= 11 is 0. The predicted molar refractivity (Wildman–Crippen MR) is 96.9 cm³/mol. The minimum atomic E-state index is -4.48. The number of carbonyl (C=O) groups excluding carboxylic acids is 1. The lowest BCUT2D eigenvalue weighted by molar-refractivity contribution is -0.137. The second kappa shape index (κ2) is 7.69. The molecular formula is C18H22F3N5O2. The zero-order valence-electron chi connectivity index (χ0n) is 15.6. The summed E-state index contributed by atoms with van der Waals surface area (Å²) in [6.07, 6.45) is -2.91. The first-order chi connectivity index (χ1) is 13.2. The monoisotopic (exact) mass is 397 g/mol. The number of carbonyl (C=O) groups is 1. The molecule has 28 heavy (non-hydrogen) atoms. The van der Waals surface area contributed by atoms with Gasteiger partial charge in [0.25, 0.3) is 0 Å². The van der Waals surface area contributed by atoms with Crippen LogP contribution in [0.5, 0.6) is 0 Å². The van der Waals surface area contributed by atoms with Crippen molar-refractivity contribution >= 4 is 6.03 Å². The quantitative estimate of drug-likeness (QED) is 0.787. The minimum Gasteiger partial charge on any atom is -0.336 e. The first-order valence-electron chi connectivity index (χ1n) is 9.08. The van der Waals surface area contributed by atoms with Crippen LogP contribution in [0, 0.1) is 0 Å². The summed E-state index contributed by atoms with van der Waals surface area (Å²) in [5.41, 5.74) is -0.939. The molecule has 1 aromatic heterocycles. The van der Waals surface area contributed by atoms with Gasteiger partial charge in [-0.05, 0) is 38.8 Å². The molecule has 1 saturated carbocycles. The SMILES string of the molecule is CC(C)NC(=O)NCCn1nc(-c2cccc(C(F)(F)F)c2)n(C2CC2)c1=O. The number of nitrogens with one attached hydrogen (secondary N) is 2. The van der Waals surface area contributed by atoms with E-state index in [1.165, 1.54) is 21.4 Å². The summed E-state index contributed by atoms with van der Waals surface area (Å²) in [5, 5.41) is 9.54. The maximum Gasteiger partial charge on any atom is 0.416 e. The van der Waals surface area contributed by atoms with Crippen molar-refractivity contribution in [3.63, 3.8) is 0 Å². The Bertz CT molecular complexity index is 913. The Hall–Kier alpha value is -2.78. The molecule has 7 nitrogen and oxygen atoms in total. The van der Waals surface area contributed by atoms with E-state index in [4.69, 9.17) is 0 Å². The standard InChI is InChI=1S/C18H22F3N5O2/c1-11(2)23-16(27)22-8-9-25-17(28)26(14-6-7-14)15(24-25)12-4-3-5-13(10-12)18(19,20)21/h3-5,10-11,14H,6-9H2,1-2H3,(H2,22,23,27). The first-order valence-corrected chi connectivity index (χ1v) is 9.08. The zero-order valence-corrected chi connectivity index (χ0v) is 15.6. The summed E-state index contributed by atoms with van der Waals surface area (Å²) in [5.74, 6) is 0.213. The number of urea groups is 1. The number of nitrogens with zero attached hydrogens (tertiary/aromatic N) is 3. The summed E-state index contributed by atoms with van der Waals surface area (Å²) < 4.78 is 41.7. The molecule has 152 valence electrons. The fraction of sp³-hybridized carbons (Fsp3) is 0.500. The van der Waals surface area contributed by atoms with Crippen molar-refractivity contribution in [3.05, 3.63) is 40.3 Å². The third-order valence-corrected chi connectivity index (χ3v) is 4.26. The van der Waals surface area contributed by atoms with Gasteiger partial charge in [0.05, 0.1) is 12.1 Å². The van der Waals surface area contributed by atoms with Crippen LogP contribution in [-0.4, -0.2) is 33.0 Å². The molecule has 1 heterocycles. The van der Waals surface area contributed by atoms with E-state index >= 15 is 0 Å². The molecule has 10 heteroatoms. The summed E-state index contributed by atoms with van der Waals surface area (Å²) in [4.78, 5) is 24.3. The van der Waals surface area contributed by atoms with E-state index in [1.54, 1.807) is 0 Å². The Morgan fingerprint density at radius 1 is 1.32 bits per heavy atom. The van der Waals surface area contributed by atoms with Gasteiger partial charge in [0, 0.05) is 24.2 Å². The molecule has 0 aliphatic heterocycles. The fourth-order valence-corrected chi connectivity index (χ4v) is 2.85. The fourth-order valence-electron chi connectivity index (χ4n) is 2.85. The van der Waals surface area contributed by atoms with Gasteiger partial charge in [0.15, 0.2) is 5.82 Å². The number of hydrogen-bond donors (Lipinski definition) is 2. The van der Waals surface area contributed by atoms with Crippen LogP contribution in [0.1, 0.15) is 38.3 Å². The van der Waals surface area contributed by atoms with Crippen molar-refractivity contribution in [1.29, 1.82) is 0 Å². The normalized spacial score (nSPS) is 14.4. The first kappa shape index (κ1) is 20.0. The number of aromatic nitrogens is 3. The van der Waals surface area contributed by atoms with Crippen LogP contribution in [0.3, 0.4) is 0 Å². The van der Waals surface area contributed by atoms with Gasteiger partial charge in [-0.15, -0.1) is 5.10 Å². The second-order valence-electron chi connectivity index (χ2n) is 7.06. The molecule has 1 aliphatic carbocycles. The summed E-state index contributed by atoms with van der Waals surface area (Å²) in [6, 6.07) is 4.36. The van der Waals surface area contributed by atoms with Gasteiger partial charge in [0.2, 0.25) is 0 Å².